The van der Waals surface area contributed by atoms with Crippen molar-refractivity contribution in [2.24, 2.45) is 0 Å². The van der Waals surface area contributed by atoms with E-state index in [0.29, 0.717) is 12.2 Å². The topological polar surface area (TPSA) is 120 Å². The summed E-state index contributed by atoms with van der Waals surface area (Å²) in [6.07, 6.45) is -0.843. The summed E-state index contributed by atoms with van der Waals surface area (Å²) in [6.45, 7) is 7.58. The molecule has 0 spiro atoms. The SMILES string of the molecule is COC[C@@H](C)n1c(C)cc(/C=C(\C#N)C(=O)O[C@@H](C)C(=O)NC(=O)OC)c1C. The van der Waals surface area contributed by atoms with Crippen molar-refractivity contribution in [1.82, 2.24) is 9.88 Å². The van der Waals surface area contributed by atoms with Crippen LogP contribution in [0.25, 0.3) is 6.08 Å². The molecule has 2 atom stereocenters. The van der Waals surface area contributed by atoms with E-state index in [1.54, 1.807) is 13.2 Å². The maximum Gasteiger partial charge on any atom is 0.413 e. The van der Waals surface area contributed by atoms with Gasteiger partial charge in [-0.25, -0.2) is 9.59 Å². The molecule has 0 fully saturated rings. The van der Waals surface area contributed by atoms with Crippen LogP contribution in [-0.2, 0) is 23.8 Å². The van der Waals surface area contributed by atoms with Crippen molar-refractivity contribution in [2.75, 3.05) is 20.8 Å². The Morgan fingerprint density at radius 3 is 2.46 bits per heavy atom. The van der Waals surface area contributed by atoms with Gasteiger partial charge in [-0.1, -0.05) is 0 Å². The molecule has 9 nitrogen and oxygen atoms in total. The number of amides is 2. The fraction of sp³-hybridized carbons (Fsp3) is 0.474. The lowest BCUT2D eigenvalue weighted by atomic mass is 10.1. The first-order valence-electron chi connectivity index (χ1n) is 8.55. The molecule has 1 aromatic rings. The van der Waals surface area contributed by atoms with Crippen LogP contribution in [0.15, 0.2) is 11.6 Å². The summed E-state index contributed by atoms with van der Waals surface area (Å²) < 4.78 is 16.5. The summed E-state index contributed by atoms with van der Waals surface area (Å²) in [6, 6.07) is 3.71. The highest BCUT2D eigenvalue weighted by Gasteiger charge is 2.23. The number of alkyl carbamates (subject to hydrolysis) is 1. The van der Waals surface area contributed by atoms with Gasteiger partial charge in [-0.2, -0.15) is 5.26 Å². The predicted octanol–water partition coefficient (Wildman–Crippen LogP) is 2.03. The number of hydrogen-bond acceptors (Lipinski definition) is 7. The third-order valence-electron chi connectivity index (χ3n) is 4.08. The number of imide groups is 1. The van der Waals surface area contributed by atoms with Crippen molar-refractivity contribution in [3.05, 3.63) is 28.6 Å². The zero-order valence-corrected chi connectivity index (χ0v) is 16.9. The molecule has 28 heavy (non-hydrogen) atoms. The molecule has 9 heteroatoms. The van der Waals surface area contributed by atoms with Gasteiger partial charge in [0, 0.05) is 18.5 Å². The Balaban J connectivity index is 3.02. The van der Waals surface area contributed by atoms with Crippen molar-refractivity contribution in [2.45, 2.75) is 39.8 Å². The molecule has 0 aliphatic carbocycles. The van der Waals surface area contributed by atoms with Crippen molar-refractivity contribution in [1.29, 1.82) is 5.26 Å². The van der Waals surface area contributed by atoms with Crippen LogP contribution in [0.3, 0.4) is 0 Å². The molecule has 0 aliphatic rings. The maximum absolute atomic E-state index is 12.3. The lowest BCUT2D eigenvalue weighted by Crippen LogP contribution is -2.39. The van der Waals surface area contributed by atoms with Gasteiger partial charge in [-0.3, -0.25) is 10.1 Å². The Morgan fingerprint density at radius 1 is 1.29 bits per heavy atom. The number of aryl methyl sites for hydroxylation is 1. The standard InChI is InChI=1S/C19H25N3O6/c1-11-7-15(13(3)22(11)12(2)10-26-5)8-16(9-20)18(24)28-14(4)17(23)21-19(25)27-6/h7-8,12,14H,10H2,1-6H3,(H,21,23,25)/b16-8+/t12-,14+/m1/s1. The van der Waals surface area contributed by atoms with E-state index in [0.717, 1.165) is 18.5 Å². The summed E-state index contributed by atoms with van der Waals surface area (Å²) in [7, 11) is 2.71. The van der Waals surface area contributed by atoms with E-state index >= 15 is 0 Å². The highest BCUT2D eigenvalue weighted by molar-refractivity contribution is 6.00. The molecule has 0 bridgehead atoms. The van der Waals surface area contributed by atoms with Gasteiger partial charge in [-0.15, -0.1) is 0 Å². The number of nitriles is 1. The average Bonchev–Trinajstić information content (AvgIpc) is 2.92. The largest absolute Gasteiger partial charge is 0.453 e. The molecule has 0 unspecified atom stereocenters. The van der Waals surface area contributed by atoms with Crippen LogP contribution in [0.5, 0.6) is 0 Å². The van der Waals surface area contributed by atoms with Crippen LogP contribution in [-0.4, -0.2) is 49.5 Å². The van der Waals surface area contributed by atoms with Gasteiger partial charge >= 0.3 is 12.1 Å². The van der Waals surface area contributed by atoms with E-state index in [2.05, 4.69) is 4.74 Å². The lowest BCUT2D eigenvalue weighted by Gasteiger charge is -2.17. The molecule has 1 heterocycles. The van der Waals surface area contributed by atoms with E-state index in [4.69, 9.17) is 9.47 Å². The molecule has 1 rings (SSSR count). The highest BCUT2D eigenvalue weighted by Crippen LogP contribution is 2.23. The second kappa shape index (κ2) is 10.3. The van der Waals surface area contributed by atoms with Crippen molar-refractivity contribution < 1.29 is 28.6 Å². The minimum absolute atomic E-state index is 0.0756. The number of nitrogens with one attached hydrogen (secondary N) is 1. The number of methoxy groups -OCH3 is 2. The van der Waals surface area contributed by atoms with E-state index in [-0.39, 0.29) is 11.6 Å². The molecule has 0 radical (unpaired) electrons. The highest BCUT2D eigenvalue weighted by atomic mass is 16.6. The number of hydrogen-bond donors (Lipinski definition) is 1. The summed E-state index contributed by atoms with van der Waals surface area (Å²) >= 11 is 0. The number of ether oxygens (including phenoxy) is 3. The first kappa shape index (κ1) is 22.9. The number of carbonyl (C=O) groups excluding carboxylic acids is 3. The molecule has 1 aromatic heterocycles. The Hall–Kier alpha value is -3.12. The van der Waals surface area contributed by atoms with E-state index in [9.17, 15) is 19.6 Å². The van der Waals surface area contributed by atoms with E-state index < -0.39 is 24.1 Å². The normalized spacial score (nSPS) is 13.2. The van der Waals surface area contributed by atoms with Crippen molar-refractivity contribution >= 4 is 24.0 Å². The number of aromatic nitrogens is 1. The van der Waals surface area contributed by atoms with Gasteiger partial charge in [0.1, 0.15) is 11.6 Å². The van der Waals surface area contributed by atoms with E-state index in [1.165, 1.54) is 13.0 Å². The Labute approximate surface area is 163 Å². The molecule has 0 saturated heterocycles. The average molecular weight is 391 g/mol. The Bertz CT molecular complexity index is 818. The molecule has 0 aromatic carbocycles. The third kappa shape index (κ3) is 5.69. The van der Waals surface area contributed by atoms with Crippen molar-refractivity contribution in [3.63, 3.8) is 0 Å². The van der Waals surface area contributed by atoms with Crippen LogP contribution in [0, 0.1) is 25.2 Å². The molecule has 1 N–H and O–H groups in total. The van der Waals surface area contributed by atoms with Crippen LogP contribution in [0.1, 0.15) is 36.8 Å². The first-order valence-corrected chi connectivity index (χ1v) is 8.55. The summed E-state index contributed by atoms with van der Waals surface area (Å²) in [5.41, 5.74) is 2.22. The first-order chi connectivity index (χ1) is 13.2. The molecule has 152 valence electrons. The molecular formula is C19H25N3O6. The van der Waals surface area contributed by atoms with Gasteiger partial charge in [0.05, 0.1) is 19.8 Å². The molecular weight excluding hydrogens is 366 g/mol. The maximum atomic E-state index is 12.3. The lowest BCUT2D eigenvalue weighted by molar-refractivity contribution is -0.150. The van der Waals surface area contributed by atoms with E-state index in [1.807, 2.05) is 36.7 Å². The number of esters is 1. The van der Waals surface area contributed by atoms with Crippen molar-refractivity contribution in [3.8, 4) is 6.07 Å². The van der Waals surface area contributed by atoms with Gasteiger partial charge in [-0.05, 0) is 45.4 Å². The fourth-order valence-corrected chi connectivity index (χ4v) is 2.77. The quantitative estimate of drug-likeness (QED) is 0.429. The molecule has 0 aliphatic heterocycles. The van der Waals surface area contributed by atoms with Gasteiger partial charge in [0.15, 0.2) is 6.10 Å². The van der Waals surface area contributed by atoms with Crippen LogP contribution >= 0.6 is 0 Å². The predicted molar refractivity (Wildman–Crippen MR) is 100 cm³/mol. The zero-order valence-electron chi connectivity index (χ0n) is 16.9. The zero-order chi connectivity index (χ0) is 21.4. The number of carbonyl (C=O) groups is 3. The van der Waals surface area contributed by atoms with Crippen LogP contribution in [0.2, 0.25) is 0 Å². The van der Waals surface area contributed by atoms with Gasteiger partial charge in [0.25, 0.3) is 5.91 Å². The number of rotatable bonds is 7. The second-order valence-corrected chi connectivity index (χ2v) is 6.20. The summed E-state index contributed by atoms with van der Waals surface area (Å²) in [5.74, 6) is -1.83. The fourth-order valence-electron chi connectivity index (χ4n) is 2.77. The monoisotopic (exact) mass is 391 g/mol. The minimum Gasteiger partial charge on any atom is -0.453 e. The van der Waals surface area contributed by atoms with Crippen LogP contribution in [0.4, 0.5) is 4.79 Å². The summed E-state index contributed by atoms with van der Waals surface area (Å²) in [5, 5.41) is 11.2. The second-order valence-electron chi connectivity index (χ2n) is 6.20. The summed E-state index contributed by atoms with van der Waals surface area (Å²) in [4.78, 5) is 35.0. The van der Waals surface area contributed by atoms with Gasteiger partial charge < -0.3 is 18.8 Å². The van der Waals surface area contributed by atoms with Crippen LogP contribution < -0.4 is 5.32 Å². The smallest absolute Gasteiger partial charge is 0.413 e. The molecule has 0 saturated carbocycles. The third-order valence-corrected chi connectivity index (χ3v) is 4.08. The Kier molecular flexibility index (Phi) is 8.41. The minimum atomic E-state index is -1.28. The molecule has 2 amide bonds. The Morgan fingerprint density at radius 2 is 1.93 bits per heavy atom. The van der Waals surface area contributed by atoms with Gasteiger partial charge in [0.2, 0.25) is 0 Å². The number of nitrogens with zero attached hydrogens (tertiary/aromatic N) is 2.